The Balaban J connectivity index is 1.85. The Hall–Kier alpha value is -1.95. The van der Waals surface area contributed by atoms with Gasteiger partial charge in [0.1, 0.15) is 6.33 Å². The van der Waals surface area contributed by atoms with E-state index in [2.05, 4.69) is 22.0 Å². The van der Waals surface area contributed by atoms with Gasteiger partial charge in [-0.1, -0.05) is 18.5 Å². The van der Waals surface area contributed by atoms with Crippen LogP contribution in [0.15, 0.2) is 24.8 Å². The highest BCUT2D eigenvalue weighted by molar-refractivity contribution is 6.33. The number of hydrogen-bond donors (Lipinski definition) is 0. The Labute approximate surface area is 134 Å². The van der Waals surface area contributed by atoms with E-state index in [-0.39, 0.29) is 11.9 Å². The van der Waals surface area contributed by atoms with E-state index in [9.17, 15) is 4.79 Å². The smallest absolute Gasteiger partial charge is 0.276 e. The number of aromatic nitrogens is 4. The number of amides is 1. The Morgan fingerprint density at radius 1 is 1.50 bits per heavy atom. The van der Waals surface area contributed by atoms with E-state index in [0.29, 0.717) is 17.3 Å². The van der Waals surface area contributed by atoms with Crippen LogP contribution in [0, 0.1) is 0 Å². The van der Waals surface area contributed by atoms with Gasteiger partial charge in [0.2, 0.25) is 0 Å². The lowest BCUT2D eigenvalue weighted by Crippen LogP contribution is -2.31. The molecule has 6 nitrogen and oxygen atoms in total. The maximum atomic E-state index is 12.8. The van der Waals surface area contributed by atoms with Crippen molar-refractivity contribution in [3.8, 4) is 0 Å². The van der Waals surface area contributed by atoms with Crippen molar-refractivity contribution in [1.29, 1.82) is 0 Å². The second-order valence-corrected chi connectivity index (χ2v) is 5.79. The minimum atomic E-state index is -0.124. The van der Waals surface area contributed by atoms with Gasteiger partial charge in [-0.2, -0.15) is 5.10 Å². The third-order valence-corrected chi connectivity index (χ3v) is 4.11. The van der Waals surface area contributed by atoms with E-state index in [4.69, 9.17) is 11.6 Å². The van der Waals surface area contributed by atoms with Crippen LogP contribution >= 0.6 is 11.6 Å². The lowest BCUT2D eigenvalue weighted by Gasteiger charge is -2.23. The highest BCUT2D eigenvalue weighted by atomic mass is 35.5. The highest BCUT2D eigenvalue weighted by Gasteiger charge is 2.33. The SMILES string of the molecule is CCCn1cc(Cl)c(C(=O)N2CCC[C@@H]2c2ccncn2)n1. The summed E-state index contributed by atoms with van der Waals surface area (Å²) in [6, 6.07) is 1.83. The largest absolute Gasteiger partial charge is 0.329 e. The molecule has 1 fully saturated rings. The Morgan fingerprint density at radius 3 is 3.09 bits per heavy atom. The average molecular weight is 320 g/mol. The topological polar surface area (TPSA) is 63.9 Å². The molecule has 1 amide bonds. The van der Waals surface area contributed by atoms with Crippen LogP contribution in [0.4, 0.5) is 0 Å². The van der Waals surface area contributed by atoms with Crippen LogP contribution in [0.3, 0.4) is 0 Å². The summed E-state index contributed by atoms with van der Waals surface area (Å²) >= 11 is 6.19. The van der Waals surface area contributed by atoms with Crippen LogP contribution in [0.1, 0.15) is 48.4 Å². The van der Waals surface area contributed by atoms with E-state index in [1.165, 1.54) is 6.33 Å². The Morgan fingerprint density at radius 2 is 2.36 bits per heavy atom. The fraction of sp³-hybridized carbons (Fsp3) is 0.467. The van der Waals surface area contributed by atoms with Gasteiger partial charge >= 0.3 is 0 Å². The third-order valence-electron chi connectivity index (χ3n) is 3.83. The molecule has 7 heteroatoms. The Bertz CT molecular complexity index is 657. The number of aryl methyl sites for hydroxylation is 1. The molecular formula is C15H18ClN5O. The number of nitrogens with zero attached hydrogens (tertiary/aromatic N) is 5. The predicted molar refractivity (Wildman–Crippen MR) is 82.6 cm³/mol. The number of rotatable bonds is 4. The first-order valence-electron chi connectivity index (χ1n) is 7.50. The maximum Gasteiger partial charge on any atom is 0.276 e. The average Bonchev–Trinajstić information content (AvgIpc) is 3.15. The van der Waals surface area contributed by atoms with E-state index < -0.39 is 0 Å². The van der Waals surface area contributed by atoms with Gasteiger partial charge in [-0.05, 0) is 25.3 Å². The molecular weight excluding hydrogens is 302 g/mol. The second-order valence-electron chi connectivity index (χ2n) is 5.38. The first-order chi connectivity index (χ1) is 10.7. The summed E-state index contributed by atoms with van der Waals surface area (Å²) in [5, 5.41) is 4.74. The molecule has 0 bridgehead atoms. The quantitative estimate of drug-likeness (QED) is 0.869. The number of halogens is 1. The van der Waals surface area contributed by atoms with Gasteiger partial charge in [-0.15, -0.1) is 0 Å². The molecule has 0 unspecified atom stereocenters. The molecule has 0 N–H and O–H groups in total. The van der Waals surface area contributed by atoms with Crippen molar-refractivity contribution < 1.29 is 4.79 Å². The van der Waals surface area contributed by atoms with Crippen LogP contribution < -0.4 is 0 Å². The molecule has 1 atom stereocenters. The van der Waals surface area contributed by atoms with Gasteiger partial charge in [0.05, 0.1) is 16.8 Å². The van der Waals surface area contributed by atoms with Crippen LogP contribution in [-0.4, -0.2) is 37.1 Å². The van der Waals surface area contributed by atoms with Gasteiger partial charge in [-0.25, -0.2) is 9.97 Å². The van der Waals surface area contributed by atoms with Crippen molar-refractivity contribution in [1.82, 2.24) is 24.6 Å². The molecule has 0 spiro atoms. The summed E-state index contributed by atoms with van der Waals surface area (Å²) < 4.78 is 1.73. The minimum Gasteiger partial charge on any atom is -0.329 e. The summed E-state index contributed by atoms with van der Waals surface area (Å²) in [4.78, 5) is 22.8. The lowest BCUT2D eigenvalue weighted by atomic mass is 10.1. The molecule has 0 saturated carbocycles. The summed E-state index contributed by atoms with van der Waals surface area (Å²) in [5.41, 5.74) is 1.20. The predicted octanol–water partition coefficient (Wildman–Crippen LogP) is 2.71. The van der Waals surface area contributed by atoms with Crippen LogP contribution in [0.25, 0.3) is 0 Å². The molecule has 1 saturated heterocycles. The first-order valence-corrected chi connectivity index (χ1v) is 7.88. The van der Waals surface area contributed by atoms with E-state index in [1.807, 2.05) is 11.0 Å². The zero-order valence-electron chi connectivity index (χ0n) is 12.4. The number of carbonyl (C=O) groups excluding carboxylic acids is 1. The number of likely N-dealkylation sites (tertiary alicyclic amines) is 1. The van der Waals surface area contributed by atoms with Crippen LogP contribution in [0.2, 0.25) is 5.02 Å². The lowest BCUT2D eigenvalue weighted by molar-refractivity contribution is 0.0726. The van der Waals surface area contributed by atoms with Crippen molar-refractivity contribution >= 4 is 17.5 Å². The fourth-order valence-corrected chi connectivity index (χ4v) is 3.07. The molecule has 0 aromatic carbocycles. The van der Waals surface area contributed by atoms with E-state index in [0.717, 1.165) is 31.5 Å². The molecule has 0 radical (unpaired) electrons. The molecule has 2 aromatic heterocycles. The van der Waals surface area contributed by atoms with Crippen molar-refractivity contribution in [2.45, 2.75) is 38.8 Å². The monoisotopic (exact) mass is 319 g/mol. The second kappa shape index (κ2) is 6.44. The summed E-state index contributed by atoms with van der Waals surface area (Å²) in [7, 11) is 0. The van der Waals surface area contributed by atoms with Crippen molar-refractivity contribution in [2.75, 3.05) is 6.54 Å². The molecule has 2 aromatic rings. The summed E-state index contributed by atoms with van der Waals surface area (Å²) in [6.45, 7) is 3.51. The molecule has 1 aliphatic heterocycles. The fourth-order valence-electron chi connectivity index (χ4n) is 2.84. The molecule has 116 valence electrons. The van der Waals surface area contributed by atoms with Crippen molar-refractivity contribution in [2.24, 2.45) is 0 Å². The molecule has 0 aliphatic carbocycles. The Kier molecular flexibility index (Phi) is 4.38. The molecule has 3 heterocycles. The van der Waals surface area contributed by atoms with Gasteiger partial charge in [0.15, 0.2) is 5.69 Å². The normalized spacial score (nSPS) is 17.9. The molecule has 3 rings (SSSR count). The van der Waals surface area contributed by atoms with Crippen molar-refractivity contribution in [3.05, 3.63) is 41.2 Å². The minimum absolute atomic E-state index is 0.0251. The maximum absolute atomic E-state index is 12.8. The third kappa shape index (κ3) is 2.83. The van der Waals surface area contributed by atoms with Gasteiger partial charge < -0.3 is 4.90 Å². The van der Waals surface area contributed by atoms with Gasteiger partial charge in [0.25, 0.3) is 5.91 Å². The zero-order valence-corrected chi connectivity index (χ0v) is 13.2. The number of hydrogen-bond acceptors (Lipinski definition) is 4. The van der Waals surface area contributed by atoms with Gasteiger partial charge in [-0.3, -0.25) is 9.48 Å². The van der Waals surface area contributed by atoms with Crippen LogP contribution in [-0.2, 0) is 6.54 Å². The highest BCUT2D eigenvalue weighted by Crippen LogP contribution is 2.32. The van der Waals surface area contributed by atoms with E-state index in [1.54, 1.807) is 17.1 Å². The standard InChI is InChI=1S/C15H18ClN5O/c1-2-7-20-9-11(16)14(19-20)15(22)21-8-3-4-13(21)12-5-6-17-10-18-12/h5-6,9-10,13H,2-4,7-8H2,1H3/t13-/m1/s1. The molecule has 1 aliphatic rings. The summed E-state index contributed by atoms with van der Waals surface area (Å²) in [6.07, 6.45) is 7.72. The van der Waals surface area contributed by atoms with E-state index >= 15 is 0 Å². The zero-order chi connectivity index (χ0) is 15.5. The van der Waals surface area contributed by atoms with Crippen molar-refractivity contribution in [3.63, 3.8) is 0 Å². The summed E-state index contributed by atoms with van der Waals surface area (Å²) in [5.74, 6) is -0.124. The first kappa shape index (κ1) is 15.0. The molecule has 22 heavy (non-hydrogen) atoms. The van der Waals surface area contributed by atoms with Gasteiger partial charge in [0, 0.05) is 25.5 Å². The van der Waals surface area contributed by atoms with Crippen LogP contribution in [0.5, 0.6) is 0 Å². The number of carbonyl (C=O) groups is 1.